The number of esters is 1. The number of hydrogen-bond donors (Lipinski definition) is 1. The van der Waals surface area contributed by atoms with Crippen molar-refractivity contribution in [1.82, 2.24) is 4.98 Å². The fourth-order valence-electron chi connectivity index (χ4n) is 3.19. The molecule has 0 fully saturated rings. The summed E-state index contributed by atoms with van der Waals surface area (Å²) in [5.74, 6) is -0.870. The van der Waals surface area contributed by atoms with Gasteiger partial charge in [0.15, 0.2) is 0 Å². The number of nitrogens with zero attached hydrogens (tertiary/aromatic N) is 1. The van der Waals surface area contributed by atoms with E-state index in [1.54, 1.807) is 30.6 Å². The Morgan fingerprint density at radius 2 is 1.87 bits per heavy atom. The SMILES string of the molecule is COc1cc2c(C(=O)OC(N)=O)c(-c3ccc(F)cc3)oc2cc1-c1cccnc1. The molecule has 1 amide bonds. The molecule has 0 unspecified atom stereocenters. The summed E-state index contributed by atoms with van der Waals surface area (Å²) in [4.78, 5) is 27.9. The largest absolute Gasteiger partial charge is 0.496 e. The van der Waals surface area contributed by atoms with Crippen LogP contribution in [0.3, 0.4) is 0 Å². The Morgan fingerprint density at radius 1 is 1.10 bits per heavy atom. The van der Waals surface area contributed by atoms with E-state index in [0.717, 1.165) is 5.56 Å². The number of furan rings is 1. The number of carbonyl (C=O) groups excluding carboxylic acids is 2. The highest BCUT2D eigenvalue weighted by molar-refractivity contribution is 6.12. The van der Waals surface area contributed by atoms with Crippen molar-refractivity contribution in [3.63, 3.8) is 0 Å². The van der Waals surface area contributed by atoms with Gasteiger partial charge in [-0.3, -0.25) is 4.98 Å². The number of ether oxygens (including phenoxy) is 2. The van der Waals surface area contributed by atoms with Crippen molar-refractivity contribution in [2.24, 2.45) is 5.73 Å². The standard InChI is InChI=1S/C22H15FN2O5/c1-28-17-10-16-18(9-15(17)13-3-2-8-25-11-13)29-20(12-4-6-14(23)7-5-12)19(16)21(26)30-22(24)27/h2-11H,1H3,(H2,24,27). The van der Waals surface area contributed by atoms with E-state index >= 15 is 0 Å². The first-order valence-electron chi connectivity index (χ1n) is 8.80. The third-order valence-electron chi connectivity index (χ3n) is 4.49. The summed E-state index contributed by atoms with van der Waals surface area (Å²) in [5.41, 5.74) is 7.22. The highest BCUT2D eigenvalue weighted by atomic mass is 19.1. The van der Waals surface area contributed by atoms with Gasteiger partial charge in [-0.25, -0.2) is 14.0 Å². The summed E-state index contributed by atoms with van der Waals surface area (Å²) >= 11 is 0. The van der Waals surface area contributed by atoms with Crippen molar-refractivity contribution in [3.05, 3.63) is 72.3 Å². The molecular weight excluding hydrogens is 391 g/mol. The zero-order valence-electron chi connectivity index (χ0n) is 15.7. The Kier molecular flexibility index (Phi) is 4.89. The minimum absolute atomic E-state index is 0.0218. The summed E-state index contributed by atoms with van der Waals surface area (Å²) in [5, 5.41) is 0.352. The van der Waals surface area contributed by atoms with Crippen LogP contribution in [0.5, 0.6) is 5.75 Å². The quantitative estimate of drug-likeness (QED) is 0.394. The van der Waals surface area contributed by atoms with Crippen LogP contribution >= 0.6 is 0 Å². The van der Waals surface area contributed by atoms with Crippen LogP contribution in [0.1, 0.15) is 10.4 Å². The molecule has 0 atom stereocenters. The van der Waals surface area contributed by atoms with Crippen LogP contribution in [-0.2, 0) is 4.74 Å². The van der Waals surface area contributed by atoms with Crippen LogP contribution in [0, 0.1) is 5.82 Å². The molecule has 0 aliphatic heterocycles. The van der Waals surface area contributed by atoms with Crippen molar-refractivity contribution in [1.29, 1.82) is 0 Å². The topological polar surface area (TPSA) is 105 Å². The molecule has 30 heavy (non-hydrogen) atoms. The number of halogens is 1. The van der Waals surface area contributed by atoms with Gasteiger partial charge in [-0.15, -0.1) is 0 Å². The molecule has 0 saturated carbocycles. The minimum Gasteiger partial charge on any atom is -0.496 e. The summed E-state index contributed by atoms with van der Waals surface area (Å²) in [6.45, 7) is 0. The lowest BCUT2D eigenvalue weighted by molar-refractivity contribution is 0.0640. The van der Waals surface area contributed by atoms with Gasteiger partial charge < -0.3 is 19.6 Å². The summed E-state index contributed by atoms with van der Waals surface area (Å²) < 4.78 is 29.4. The number of rotatable bonds is 4. The first kappa shape index (κ1) is 19.1. The first-order chi connectivity index (χ1) is 14.5. The molecule has 0 radical (unpaired) electrons. The molecule has 0 aliphatic carbocycles. The smallest absolute Gasteiger partial charge is 0.412 e. The zero-order valence-corrected chi connectivity index (χ0v) is 15.7. The highest BCUT2D eigenvalue weighted by Gasteiger charge is 2.26. The summed E-state index contributed by atoms with van der Waals surface area (Å²) in [7, 11) is 1.49. The fourth-order valence-corrected chi connectivity index (χ4v) is 3.19. The van der Waals surface area contributed by atoms with Gasteiger partial charge in [0.1, 0.15) is 28.5 Å². The normalized spacial score (nSPS) is 10.7. The van der Waals surface area contributed by atoms with Crippen molar-refractivity contribution < 1.29 is 27.9 Å². The number of fused-ring (bicyclic) bond motifs is 1. The number of pyridine rings is 1. The lowest BCUT2D eigenvalue weighted by atomic mass is 10.0. The van der Waals surface area contributed by atoms with Crippen LogP contribution in [-0.4, -0.2) is 24.2 Å². The maximum absolute atomic E-state index is 13.4. The minimum atomic E-state index is -1.25. The number of aromatic nitrogens is 1. The Bertz CT molecular complexity index is 1250. The van der Waals surface area contributed by atoms with Crippen molar-refractivity contribution >= 4 is 23.0 Å². The number of methoxy groups -OCH3 is 1. The molecule has 7 nitrogen and oxygen atoms in total. The fraction of sp³-hybridized carbons (Fsp3) is 0.0455. The molecule has 150 valence electrons. The van der Waals surface area contributed by atoms with E-state index in [2.05, 4.69) is 9.72 Å². The molecule has 0 saturated heterocycles. The van der Waals surface area contributed by atoms with Crippen LogP contribution in [0.25, 0.3) is 33.4 Å². The maximum Gasteiger partial charge on any atom is 0.412 e. The third kappa shape index (κ3) is 3.46. The zero-order chi connectivity index (χ0) is 21.3. The Morgan fingerprint density at radius 3 is 2.50 bits per heavy atom. The van der Waals surface area contributed by atoms with E-state index < -0.39 is 17.9 Å². The Hall–Kier alpha value is -4.20. The number of benzene rings is 2. The molecule has 0 aliphatic rings. The molecule has 2 aromatic heterocycles. The van der Waals surface area contributed by atoms with E-state index in [-0.39, 0.29) is 11.3 Å². The second kappa shape index (κ2) is 7.67. The van der Waals surface area contributed by atoms with Gasteiger partial charge in [-0.2, -0.15) is 0 Å². The average molecular weight is 406 g/mol. The lowest BCUT2D eigenvalue weighted by Crippen LogP contribution is -2.18. The number of amides is 1. The molecule has 4 rings (SSSR count). The van der Waals surface area contributed by atoms with Gasteiger partial charge in [-0.05, 0) is 42.5 Å². The molecule has 4 aromatic rings. The van der Waals surface area contributed by atoms with Gasteiger partial charge in [0.25, 0.3) is 0 Å². The van der Waals surface area contributed by atoms with E-state index in [1.165, 1.54) is 31.4 Å². The van der Waals surface area contributed by atoms with Crippen LogP contribution < -0.4 is 10.5 Å². The lowest BCUT2D eigenvalue weighted by Gasteiger charge is -2.08. The molecule has 0 bridgehead atoms. The van der Waals surface area contributed by atoms with E-state index in [0.29, 0.717) is 27.8 Å². The Labute approximate surface area is 169 Å². The van der Waals surface area contributed by atoms with Gasteiger partial charge in [-0.1, -0.05) is 6.07 Å². The van der Waals surface area contributed by atoms with Crippen molar-refractivity contribution in [3.8, 4) is 28.2 Å². The Balaban J connectivity index is 1.99. The molecule has 2 N–H and O–H groups in total. The second-order valence-corrected chi connectivity index (χ2v) is 6.31. The summed E-state index contributed by atoms with van der Waals surface area (Å²) in [6.07, 6.45) is 2.06. The van der Waals surface area contributed by atoms with Crippen molar-refractivity contribution in [2.45, 2.75) is 0 Å². The van der Waals surface area contributed by atoms with Gasteiger partial charge in [0, 0.05) is 34.5 Å². The molecule has 8 heteroatoms. The average Bonchev–Trinajstić information content (AvgIpc) is 3.12. The van der Waals surface area contributed by atoms with Gasteiger partial charge >= 0.3 is 12.1 Å². The highest BCUT2D eigenvalue weighted by Crippen LogP contribution is 2.40. The molecule has 0 spiro atoms. The summed E-state index contributed by atoms with van der Waals surface area (Å²) in [6, 6.07) is 12.3. The third-order valence-corrected chi connectivity index (χ3v) is 4.49. The van der Waals surface area contributed by atoms with Crippen LogP contribution in [0.4, 0.5) is 9.18 Å². The van der Waals surface area contributed by atoms with Crippen LogP contribution in [0.15, 0.2) is 65.3 Å². The maximum atomic E-state index is 13.4. The number of nitrogens with two attached hydrogens (primary N) is 1. The second-order valence-electron chi connectivity index (χ2n) is 6.31. The van der Waals surface area contributed by atoms with E-state index in [9.17, 15) is 14.0 Å². The van der Waals surface area contributed by atoms with Gasteiger partial charge in [0.05, 0.1) is 7.11 Å². The first-order valence-corrected chi connectivity index (χ1v) is 8.80. The number of primary amides is 1. The number of carbonyl (C=O) groups is 2. The predicted molar refractivity (Wildman–Crippen MR) is 106 cm³/mol. The molecule has 2 heterocycles. The van der Waals surface area contributed by atoms with E-state index in [4.69, 9.17) is 14.9 Å². The monoisotopic (exact) mass is 406 g/mol. The predicted octanol–water partition coefficient (Wildman–Crippen LogP) is 4.55. The van der Waals surface area contributed by atoms with Gasteiger partial charge in [0.2, 0.25) is 0 Å². The van der Waals surface area contributed by atoms with Crippen molar-refractivity contribution in [2.75, 3.05) is 7.11 Å². The van der Waals surface area contributed by atoms with E-state index in [1.807, 2.05) is 6.07 Å². The number of hydrogen-bond acceptors (Lipinski definition) is 6. The molecular formula is C22H15FN2O5. The van der Waals surface area contributed by atoms with Crippen LogP contribution in [0.2, 0.25) is 0 Å². The molecule has 2 aromatic carbocycles.